The van der Waals surface area contributed by atoms with E-state index in [9.17, 15) is 22.8 Å². The zero-order valence-corrected chi connectivity index (χ0v) is 17.5. The molecule has 2 amide bonds. The highest BCUT2D eigenvalue weighted by Gasteiger charge is 2.24. The van der Waals surface area contributed by atoms with Crippen LogP contribution in [0.1, 0.15) is 43.0 Å². The molecule has 29 heavy (non-hydrogen) atoms. The predicted molar refractivity (Wildman–Crippen MR) is 108 cm³/mol. The fourth-order valence-electron chi connectivity index (χ4n) is 3.05. The van der Waals surface area contributed by atoms with Crippen LogP contribution >= 0.6 is 0 Å². The number of carbonyl (C=O) groups is 3. The smallest absolute Gasteiger partial charge is 0.306 e. The van der Waals surface area contributed by atoms with Crippen LogP contribution < -0.4 is 10.0 Å². The fraction of sp³-hybridized carbons (Fsp3) is 0.526. The number of anilines is 1. The summed E-state index contributed by atoms with van der Waals surface area (Å²) in [4.78, 5) is 37.6. The van der Waals surface area contributed by atoms with Gasteiger partial charge in [0.2, 0.25) is 15.9 Å². The molecule has 0 saturated carbocycles. The van der Waals surface area contributed by atoms with E-state index in [-0.39, 0.29) is 36.7 Å². The third-order valence-electron chi connectivity index (χ3n) is 4.44. The Hall–Kier alpha value is -2.62. The van der Waals surface area contributed by atoms with Crippen molar-refractivity contribution in [1.29, 1.82) is 0 Å². The van der Waals surface area contributed by atoms with E-state index in [0.29, 0.717) is 43.8 Å². The second-order valence-electron chi connectivity index (χ2n) is 6.89. The molecule has 2 rings (SSSR count). The number of piperidine rings is 1. The highest BCUT2D eigenvalue weighted by Crippen LogP contribution is 2.17. The molecule has 0 unspecified atom stereocenters. The van der Waals surface area contributed by atoms with Crippen LogP contribution in [0.5, 0.6) is 0 Å². The molecular formula is C19H27N3O6S. The molecular weight excluding hydrogens is 398 g/mol. The minimum absolute atomic E-state index is 0.0323. The minimum Gasteiger partial charge on any atom is -0.466 e. The van der Waals surface area contributed by atoms with Crippen molar-refractivity contribution in [3.63, 3.8) is 0 Å². The van der Waals surface area contributed by atoms with Crippen LogP contribution in [0, 0.1) is 0 Å². The molecule has 0 aromatic heterocycles. The maximum absolute atomic E-state index is 12.6. The van der Waals surface area contributed by atoms with Crippen LogP contribution in [0.2, 0.25) is 0 Å². The van der Waals surface area contributed by atoms with Crippen LogP contribution in [-0.2, 0) is 24.3 Å². The Morgan fingerprint density at radius 1 is 1.10 bits per heavy atom. The van der Waals surface area contributed by atoms with E-state index in [0.717, 1.165) is 6.26 Å². The van der Waals surface area contributed by atoms with Gasteiger partial charge in [-0.1, -0.05) is 0 Å². The normalized spacial score (nSPS) is 14.9. The van der Waals surface area contributed by atoms with Gasteiger partial charge in [0, 0.05) is 36.8 Å². The van der Waals surface area contributed by atoms with Gasteiger partial charge in [-0.2, -0.15) is 0 Å². The van der Waals surface area contributed by atoms with Gasteiger partial charge in [-0.05, 0) is 44.0 Å². The molecule has 0 radical (unpaired) electrons. The van der Waals surface area contributed by atoms with Crippen molar-refractivity contribution in [2.75, 3.05) is 30.7 Å². The number of nitrogens with one attached hydrogen (secondary N) is 2. The van der Waals surface area contributed by atoms with Gasteiger partial charge in [0.1, 0.15) is 0 Å². The lowest BCUT2D eigenvalue weighted by Gasteiger charge is -2.32. The van der Waals surface area contributed by atoms with Crippen molar-refractivity contribution >= 4 is 33.5 Å². The molecule has 0 atom stereocenters. The first-order valence-corrected chi connectivity index (χ1v) is 11.4. The maximum Gasteiger partial charge on any atom is 0.306 e. The largest absolute Gasteiger partial charge is 0.466 e. The number of sulfonamides is 1. The molecule has 1 aromatic carbocycles. The SMILES string of the molecule is CCOC(=O)CCC(=O)NC1CCN(C(=O)c2ccc(NS(C)(=O)=O)cc2)CC1. The number of esters is 1. The van der Waals surface area contributed by atoms with Crippen molar-refractivity contribution in [2.24, 2.45) is 0 Å². The van der Waals surface area contributed by atoms with Gasteiger partial charge in [-0.25, -0.2) is 8.42 Å². The molecule has 1 heterocycles. The zero-order valence-electron chi connectivity index (χ0n) is 16.6. The van der Waals surface area contributed by atoms with Gasteiger partial charge < -0.3 is 15.0 Å². The number of likely N-dealkylation sites (tertiary alicyclic amines) is 1. The minimum atomic E-state index is -3.36. The fourth-order valence-corrected chi connectivity index (χ4v) is 3.62. The number of amides is 2. The summed E-state index contributed by atoms with van der Waals surface area (Å²) in [7, 11) is -3.36. The lowest BCUT2D eigenvalue weighted by Crippen LogP contribution is -2.46. The molecule has 1 aliphatic rings. The van der Waals surface area contributed by atoms with Gasteiger partial charge in [0.05, 0.1) is 19.3 Å². The topological polar surface area (TPSA) is 122 Å². The molecule has 160 valence electrons. The van der Waals surface area contributed by atoms with Gasteiger partial charge in [-0.3, -0.25) is 19.1 Å². The van der Waals surface area contributed by atoms with Crippen molar-refractivity contribution < 1.29 is 27.5 Å². The Bertz CT molecular complexity index is 830. The lowest BCUT2D eigenvalue weighted by atomic mass is 10.0. The molecule has 1 aliphatic heterocycles. The quantitative estimate of drug-likeness (QED) is 0.602. The number of nitrogens with zero attached hydrogens (tertiary/aromatic N) is 1. The van der Waals surface area contributed by atoms with E-state index in [1.807, 2.05) is 0 Å². The second kappa shape index (κ2) is 10.2. The molecule has 1 saturated heterocycles. The van der Waals surface area contributed by atoms with Crippen molar-refractivity contribution in [1.82, 2.24) is 10.2 Å². The summed E-state index contributed by atoms with van der Waals surface area (Å²) in [5.74, 6) is -0.722. The molecule has 1 fully saturated rings. The van der Waals surface area contributed by atoms with E-state index >= 15 is 0 Å². The number of rotatable bonds is 8. The van der Waals surface area contributed by atoms with Gasteiger partial charge in [0.25, 0.3) is 5.91 Å². The highest BCUT2D eigenvalue weighted by molar-refractivity contribution is 7.92. The zero-order chi connectivity index (χ0) is 21.4. The van der Waals surface area contributed by atoms with Gasteiger partial charge in [-0.15, -0.1) is 0 Å². The van der Waals surface area contributed by atoms with Gasteiger partial charge in [0.15, 0.2) is 0 Å². The predicted octanol–water partition coefficient (Wildman–Crippen LogP) is 1.12. The van der Waals surface area contributed by atoms with Crippen molar-refractivity contribution in [3.8, 4) is 0 Å². The summed E-state index contributed by atoms with van der Waals surface area (Å²) in [6.45, 7) is 3.02. The summed E-state index contributed by atoms with van der Waals surface area (Å²) >= 11 is 0. The van der Waals surface area contributed by atoms with Crippen LogP contribution in [0.25, 0.3) is 0 Å². The molecule has 9 nitrogen and oxygen atoms in total. The monoisotopic (exact) mass is 425 g/mol. The van der Waals surface area contributed by atoms with E-state index in [4.69, 9.17) is 4.74 Å². The average Bonchev–Trinajstić information content (AvgIpc) is 2.66. The van der Waals surface area contributed by atoms with E-state index in [1.165, 1.54) is 0 Å². The summed E-state index contributed by atoms with van der Waals surface area (Å²) in [5.41, 5.74) is 0.870. The van der Waals surface area contributed by atoms with Crippen molar-refractivity contribution in [2.45, 2.75) is 38.6 Å². The molecule has 10 heteroatoms. The Kier molecular flexibility index (Phi) is 8.00. The number of benzene rings is 1. The standard InChI is InChI=1S/C19H27N3O6S/c1-3-28-18(24)9-8-17(23)20-15-10-12-22(13-11-15)19(25)14-4-6-16(7-5-14)21-29(2,26)27/h4-7,15,21H,3,8-13H2,1-2H3,(H,20,23). The third-order valence-corrected chi connectivity index (χ3v) is 5.05. The summed E-state index contributed by atoms with van der Waals surface area (Å²) in [5, 5.41) is 2.89. The summed E-state index contributed by atoms with van der Waals surface area (Å²) < 4.78 is 29.6. The third kappa shape index (κ3) is 7.72. The van der Waals surface area contributed by atoms with Crippen LogP contribution in [0.15, 0.2) is 24.3 Å². The first-order chi connectivity index (χ1) is 13.7. The highest BCUT2D eigenvalue weighted by atomic mass is 32.2. The molecule has 0 aliphatic carbocycles. The maximum atomic E-state index is 12.6. The Labute approximate surface area is 170 Å². The Morgan fingerprint density at radius 2 is 1.72 bits per heavy atom. The van der Waals surface area contributed by atoms with E-state index in [1.54, 1.807) is 36.1 Å². The molecule has 2 N–H and O–H groups in total. The van der Waals surface area contributed by atoms with Crippen LogP contribution in [-0.4, -0.2) is 63.1 Å². The summed E-state index contributed by atoms with van der Waals surface area (Å²) in [6, 6.07) is 6.23. The number of ether oxygens (including phenoxy) is 1. The van der Waals surface area contributed by atoms with Crippen LogP contribution in [0.3, 0.4) is 0 Å². The number of hydrogen-bond acceptors (Lipinski definition) is 6. The molecule has 0 bridgehead atoms. The summed E-state index contributed by atoms with van der Waals surface area (Å²) in [6.07, 6.45) is 2.47. The Balaban J connectivity index is 1.79. The van der Waals surface area contributed by atoms with E-state index < -0.39 is 10.0 Å². The number of hydrogen-bond donors (Lipinski definition) is 2. The van der Waals surface area contributed by atoms with Crippen LogP contribution in [0.4, 0.5) is 5.69 Å². The average molecular weight is 426 g/mol. The lowest BCUT2D eigenvalue weighted by molar-refractivity contribution is -0.144. The Morgan fingerprint density at radius 3 is 2.28 bits per heavy atom. The second-order valence-corrected chi connectivity index (χ2v) is 8.64. The number of carbonyl (C=O) groups excluding carboxylic acids is 3. The van der Waals surface area contributed by atoms with E-state index in [2.05, 4.69) is 10.0 Å². The van der Waals surface area contributed by atoms with Gasteiger partial charge >= 0.3 is 5.97 Å². The van der Waals surface area contributed by atoms with Crippen molar-refractivity contribution in [3.05, 3.63) is 29.8 Å². The first kappa shape index (κ1) is 22.7. The molecule has 0 spiro atoms. The molecule has 1 aromatic rings. The first-order valence-electron chi connectivity index (χ1n) is 9.50.